The molecule has 0 aliphatic heterocycles. The summed E-state index contributed by atoms with van der Waals surface area (Å²) in [4.78, 5) is 16.2. The first-order valence-electron chi connectivity index (χ1n) is 8.05. The van der Waals surface area contributed by atoms with Crippen LogP contribution < -0.4 is 5.32 Å². The molecule has 0 atom stereocenters. The highest BCUT2D eigenvalue weighted by molar-refractivity contribution is 7.91. The highest BCUT2D eigenvalue weighted by Crippen LogP contribution is 2.25. The number of hydrogen-bond donors (Lipinski definition) is 1. The van der Waals surface area contributed by atoms with Crippen molar-refractivity contribution in [3.05, 3.63) is 59.4 Å². The number of aryl methyl sites for hydroxylation is 2. The van der Waals surface area contributed by atoms with Crippen molar-refractivity contribution < 1.29 is 13.2 Å². The van der Waals surface area contributed by atoms with Gasteiger partial charge in [-0.25, -0.2) is 8.42 Å². The summed E-state index contributed by atoms with van der Waals surface area (Å²) in [6.07, 6.45) is 6.32. The molecule has 1 aromatic heterocycles. The van der Waals surface area contributed by atoms with Crippen molar-refractivity contribution in [1.82, 2.24) is 10.3 Å². The van der Waals surface area contributed by atoms with E-state index in [1.807, 2.05) is 12.1 Å². The van der Waals surface area contributed by atoms with Gasteiger partial charge in [0.05, 0.1) is 10.6 Å². The highest BCUT2D eigenvalue weighted by atomic mass is 32.2. The fourth-order valence-electron chi connectivity index (χ4n) is 2.88. The number of amides is 1. The smallest absolute Gasteiger partial charge is 0.221 e. The highest BCUT2D eigenvalue weighted by Gasteiger charge is 2.19. The first-order valence-corrected chi connectivity index (χ1v) is 9.70. The zero-order valence-corrected chi connectivity index (χ0v) is 14.2. The second kappa shape index (κ2) is 7.13. The van der Waals surface area contributed by atoms with E-state index in [1.165, 1.54) is 5.56 Å². The lowest BCUT2D eigenvalue weighted by Crippen LogP contribution is -2.25. The molecule has 1 amide bonds. The van der Waals surface area contributed by atoms with Crippen molar-refractivity contribution in [3.63, 3.8) is 0 Å². The summed E-state index contributed by atoms with van der Waals surface area (Å²) in [5, 5.41) is 2.72. The Kier molecular flexibility index (Phi) is 4.94. The summed E-state index contributed by atoms with van der Waals surface area (Å²) in [6.45, 7) is 0.353. The Morgan fingerprint density at radius 1 is 1.17 bits per heavy atom. The molecule has 126 valence electrons. The van der Waals surface area contributed by atoms with Crippen molar-refractivity contribution in [2.24, 2.45) is 0 Å². The summed E-state index contributed by atoms with van der Waals surface area (Å²) in [5.74, 6) is -0.450. The van der Waals surface area contributed by atoms with E-state index in [-0.39, 0.29) is 18.1 Å². The molecule has 0 bridgehead atoms. The first-order chi connectivity index (χ1) is 11.5. The van der Waals surface area contributed by atoms with Gasteiger partial charge in [-0.15, -0.1) is 0 Å². The van der Waals surface area contributed by atoms with E-state index in [0.29, 0.717) is 11.4 Å². The van der Waals surface area contributed by atoms with Crippen LogP contribution in [0.5, 0.6) is 0 Å². The lowest BCUT2D eigenvalue weighted by molar-refractivity contribution is -0.120. The number of fused-ring (bicyclic) bond motifs is 1. The summed E-state index contributed by atoms with van der Waals surface area (Å²) in [7, 11) is -3.43. The molecule has 24 heavy (non-hydrogen) atoms. The fraction of sp³-hybridized carbons (Fsp3) is 0.333. The Hall–Kier alpha value is -2.21. The minimum atomic E-state index is -3.43. The number of carbonyl (C=O) groups is 1. The largest absolute Gasteiger partial charge is 0.352 e. The quantitative estimate of drug-likeness (QED) is 0.870. The molecule has 0 saturated heterocycles. The molecule has 0 spiro atoms. The Balaban J connectivity index is 1.56. The molecule has 1 heterocycles. The standard InChI is InChI=1S/C18H20N2O3S/c21-18(20-13-14-3-2-9-19-12-14)8-10-24(22,23)17-7-6-15-4-1-5-16(15)11-17/h2-3,6-7,9,11-12H,1,4-5,8,10,13H2,(H,20,21). The zero-order valence-electron chi connectivity index (χ0n) is 13.4. The molecule has 1 aromatic carbocycles. The second-order valence-electron chi connectivity index (χ2n) is 5.99. The van der Waals surface area contributed by atoms with Crippen LogP contribution in [0.4, 0.5) is 0 Å². The number of nitrogens with zero attached hydrogens (tertiary/aromatic N) is 1. The maximum absolute atomic E-state index is 12.4. The van der Waals surface area contributed by atoms with Crippen molar-refractivity contribution in [1.29, 1.82) is 0 Å². The number of pyridine rings is 1. The van der Waals surface area contributed by atoms with Gasteiger partial charge in [-0.2, -0.15) is 0 Å². The van der Waals surface area contributed by atoms with Gasteiger partial charge in [0.15, 0.2) is 9.84 Å². The Bertz CT molecular complexity index is 833. The number of sulfone groups is 1. The number of benzene rings is 1. The monoisotopic (exact) mass is 344 g/mol. The van der Waals surface area contributed by atoms with Gasteiger partial charge in [0.25, 0.3) is 0 Å². The minimum absolute atomic E-state index is 0.0420. The predicted molar refractivity (Wildman–Crippen MR) is 91.2 cm³/mol. The van der Waals surface area contributed by atoms with Crippen molar-refractivity contribution in [2.75, 3.05) is 5.75 Å². The average Bonchev–Trinajstić information content (AvgIpc) is 3.07. The summed E-state index contributed by atoms with van der Waals surface area (Å²) < 4.78 is 24.8. The second-order valence-corrected chi connectivity index (χ2v) is 8.10. The minimum Gasteiger partial charge on any atom is -0.352 e. The van der Waals surface area contributed by atoms with Crippen LogP contribution in [-0.4, -0.2) is 25.1 Å². The Labute approximate surface area is 142 Å². The van der Waals surface area contributed by atoms with E-state index in [9.17, 15) is 13.2 Å². The van der Waals surface area contributed by atoms with Gasteiger partial charge in [-0.3, -0.25) is 9.78 Å². The van der Waals surface area contributed by atoms with Crippen LogP contribution in [-0.2, 0) is 34.0 Å². The zero-order chi connectivity index (χ0) is 17.0. The van der Waals surface area contributed by atoms with Crippen molar-refractivity contribution in [3.8, 4) is 0 Å². The van der Waals surface area contributed by atoms with E-state index in [0.717, 1.165) is 30.4 Å². The van der Waals surface area contributed by atoms with Gasteiger partial charge >= 0.3 is 0 Å². The number of carbonyl (C=O) groups excluding carboxylic acids is 1. The van der Waals surface area contributed by atoms with Gasteiger partial charge in [0.2, 0.25) is 5.91 Å². The van der Waals surface area contributed by atoms with Crippen LogP contribution in [0.25, 0.3) is 0 Å². The maximum Gasteiger partial charge on any atom is 0.221 e. The van der Waals surface area contributed by atoms with Crippen LogP contribution in [0.1, 0.15) is 29.5 Å². The van der Waals surface area contributed by atoms with Crippen LogP contribution in [0, 0.1) is 0 Å². The third-order valence-electron chi connectivity index (χ3n) is 4.24. The van der Waals surface area contributed by atoms with Crippen LogP contribution in [0.2, 0.25) is 0 Å². The molecule has 0 fully saturated rings. The third kappa shape index (κ3) is 4.00. The summed E-state index contributed by atoms with van der Waals surface area (Å²) >= 11 is 0. The molecule has 1 aliphatic rings. The number of nitrogens with one attached hydrogen (secondary N) is 1. The SMILES string of the molecule is O=C(CCS(=O)(=O)c1ccc2c(c1)CCC2)NCc1cccnc1. The molecular weight excluding hydrogens is 324 g/mol. The van der Waals surface area contributed by atoms with Crippen LogP contribution >= 0.6 is 0 Å². The van der Waals surface area contributed by atoms with Gasteiger partial charge in [0.1, 0.15) is 0 Å². The Morgan fingerprint density at radius 2 is 2.00 bits per heavy atom. The van der Waals surface area contributed by atoms with E-state index in [4.69, 9.17) is 0 Å². The number of rotatable bonds is 6. The van der Waals surface area contributed by atoms with Gasteiger partial charge in [-0.1, -0.05) is 12.1 Å². The summed E-state index contributed by atoms with van der Waals surface area (Å²) in [5.41, 5.74) is 3.24. The Morgan fingerprint density at radius 3 is 2.79 bits per heavy atom. The molecule has 0 unspecified atom stereocenters. The number of aromatic nitrogens is 1. The molecule has 0 saturated carbocycles. The van der Waals surface area contributed by atoms with Crippen molar-refractivity contribution in [2.45, 2.75) is 37.1 Å². The van der Waals surface area contributed by atoms with E-state index in [2.05, 4.69) is 10.3 Å². The first kappa shape index (κ1) is 16.6. The number of hydrogen-bond acceptors (Lipinski definition) is 4. The molecule has 1 N–H and O–H groups in total. The van der Waals surface area contributed by atoms with E-state index < -0.39 is 9.84 Å². The molecular formula is C18H20N2O3S. The average molecular weight is 344 g/mol. The molecule has 0 radical (unpaired) electrons. The molecule has 5 nitrogen and oxygen atoms in total. The molecule has 3 rings (SSSR count). The van der Waals surface area contributed by atoms with Crippen LogP contribution in [0.3, 0.4) is 0 Å². The van der Waals surface area contributed by atoms with Crippen molar-refractivity contribution >= 4 is 15.7 Å². The predicted octanol–water partition coefficient (Wildman–Crippen LogP) is 2.05. The normalized spacial score (nSPS) is 13.5. The molecule has 2 aromatic rings. The molecule has 1 aliphatic carbocycles. The van der Waals surface area contributed by atoms with Gasteiger partial charge in [0, 0.05) is 25.4 Å². The third-order valence-corrected chi connectivity index (χ3v) is 5.95. The maximum atomic E-state index is 12.4. The fourth-order valence-corrected chi connectivity index (χ4v) is 4.17. The lowest BCUT2D eigenvalue weighted by atomic mass is 10.1. The van der Waals surface area contributed by atoms with Gasteiger partial charge < -0.3 is 5.32 Å². The van der Waals surface area contributed by atoms with E-state index in [1.54, 1.807) is 30.6 Å². The topological polar surface area (TPSA) is 76.1 Å². The van der Waals surface area contributed by atoms with Crippen LogP contribution in [0.15, 0.2) is 47.6 Å². The molecule has 6 heteroatoms. The lowest BCUT2D eigenvalue weighted by Gasteiger charge is -2.08. The van der Waals surface area contributed by atoms with E-state index >= 15 is 0 Å². The van der Waals surface area contributed by atoms with Gasteiger partial charge in [-0.05, 0) is 54.2 Å². The summed E-state index contributed by atoms with van der Waals surface area (Å²) in [6, 6.07) is 8.98.